The maximum atomic E-state index is 12.4. The first-order chi connectivity index (χ1) is 14.0. The molecule has 0 unspecified atom stereocenters. The van der Waals surface area contributed by atoms with Crippen molar-refractivity contribution in [2.45, 2.75) is 36.4 Å². The van der Waals surface area contributed by atoms with Crippen molar-refractivity contribution in [3.63, 3.8) is 0 Å². The number of benzene rings is 2. The van der Waals surface area contributed by atoms with E-state index in [0.29, 0.717) is 17.0 Å². The molecular formula is C23H28O4SSe. The van der Waals surface area contributed by atoms with Crippen molar-refractivity contribution in [3.05, 3.63) is 59.7 Å². The van der Waals surface area contributed by atoms with Crippen LogP contribution in [0.15, 0.2) is 48.5 Å². The molecule has 1 saturated heterocycles. The van der Waals surface area contributed by atoms with Gasteiger partial charge in [-0.3, -0.25) is 0 Å². The second kappa shape index (κ2) is 10.0. The Morgan fingerprint density at radius 3 is 2.66 bits per heavy atom. The van der Waals surface area contributed by atoms with Gasteiger partial charge in [0.2, 0.25) is 0 Å². The molecular weight excluding hydrogens is 451 g/mol. The van der Waals surface area contributed by atoms with Gasteiger partial charge in [-0.25, -0.2) is 0 Å². The topological polar surface area (TPSA) is 55.8 Å². The van der Waals surface area contributed by atoms with Crippen LogP contribution in [0.1, 0.15) is 36.6 Å². The van der Waals surface area contributed by atoms with Gasteiger partial charge in [0.15, 0.2) is 0 Å². The van der Waals surface area contributed by atoms with E-state index in [-0.39, 0.29) is 27.5 Å². The third-order valence-electron chi connectivity index (χ3n) is 5.26. The summed E-state index contributed by atoms with van der Waals surface area (Å²) in [5, 5.41) is 10.7. The molecule has 1 N–H and O–H groups in total. The molecule has 0 aromatic heterocycles. The van der Waals surface area contributed by atoms with E-state index in [9.17, 15) is 9.90 Å². The van der Waals surface area contributed by atoms with E-state index < -0.39 is 11.5 Å². The van der Waals surface area contributed by atoms with Gasteiger partial charge in [-0.2, -0.15) is 0 Å². The monoisotopic (exact) mass is 480 g/mol. The van der Waals surface area contributed by atoms with Crippen LogP contribution in [0.4, 0.5) is 0 Å². The molecule has 0 aliphatic carbocycles. The van der Waals surface area contributed by atoms with Crippen LogP contribution >= 0.6 is 11.8 Å². The normalized spacial score (nSPS) is 22.3. The fourth-order valence-electron chi connectivity index (χ4n) is 3.73. The summed E-state index contributed by atoms with van der Waals surface area (Å²) in [6.07, 6.45) is 0.512. The number of aliphatic hydroxyl groups excluding tert-OH is 1. The Hall–Kier alpha value is -1.46. The maximum absolute atomic E-state index is 12.4. The van der Waals surface area contributed by atoms with Crippen LogP contribution in [0.2, 0.25) is 5.32 Å². The number of methoxy groups -OCH3 is 1. The number of aliphatic hydroxyl groups is 1. The second-order valence-electron chi connectivity index (χ2n) is 7.13. The zero-order valence-electron chi connectivity index (χ0n) is 17.1. The van der Waals surface area contributed by atoms with Crippen molar-refractivity contribution >= 4 is 37.1 Å². The van der Waals surface area contributed by atoms with Crippen molar-refractivity contribution in [3.8, 4) is 5.75 Å². The Morgan fingerprint density at radius 1 is 1.28 bits per heavy atom. The molecule has 6 heteroatoms. The van der Waals surface area contributed by atoms with Crippen molar-refractivity contribution in [2.24, 2.45) is 5.92 Å². The van der Waals surface area contributed by atoms with Crippen molar-refractivity contribution < 1.29 is 19.4 Å². The quantitative estimate of drug-likeness (QED) is 0.439. The van der Waals surface area contributed by atoms with E-state index in [0.717, 1.165) is 17.1 Å². The zero-order chi connectivity index (χ0) is 20.9. The van der Waals surface area contributed by atoms with Crippen LogP contribution in [0, 0.1) is 5.92 Å². The summed E-state index contributed by atoms with van der Waals surface area (Å²) in [5.74, 6) is 1.19. The Bertz CT molecular complexity index is 829. The van der Waals surface area contributed by atoms with E-state index in [1.165, 1.54) is 10.0 Å². The van der Waals surface area contributed by atoms with E-state index in [1.54, 1.807) is 7.11 Å². The third kappa shape index (κ3) is 4.83. The van der Waals surface area contributed by atoms with E-state index in [1.807, 2.05) is 54.2 Å². The number of cyclic esters (lactones) is 1. The summed E-state index contributed by atoms with van der Waals surface area (Å²) in [5.41, 5.74) is 1.60. The SMILES string of the molecule is CCS[C@H](C)c1cccc(OC)c1[Se]C[C@]1(c2ccccc2)C[C@@H](CO)C(=O)O1. The van der Waals surface area contributed by atoms with E-state index >= 15 is 0 Å². The summed E-state index contributed by atoms with van der Waals surface area (Å²) < 4.78 is 12.9. The van der Waals surface area contributed by atoms with Gasteiger partial charge in [0.05, 0.1) is 0 Å². The minimum atomic E-state index is -0.689. The molecule has 156 valence electrons. The Balaban J connectivity index is 1.94. The number of carbonyl (C=O) groups excluding carboxylic acids is 1. The second-order valence-corrected chi connectivity index (χ2v) is 10.8. The van der Waals surface area contributed by atoms with Gasteiger partial charge < -0.3 is 0 Å². The van der Waals surface area contributed by atoms with E-state index in [2.05, 4.69) is 19.9 Å². The van der Waals surface area contributed by atoms with Crippen LogP contribution in [-0.4, -0.2) is 45.5 Å². The minimum absolute atomic E-state index is 0.0327. The van der Waals surface area contributed by atoms with Gasteiger partial charge in [-0.05, 0) is 0 Å². The molecule has 0 amide bonds. The van der Waals surface area contributed by atoms with Crippen LogP contribution in [0.25, 0.3) is 0 Å². The summed E-state index contributed by atoms with van der Waals surface area (Å²) >= 11 is 1.94. The average molecular weight is 480 g/mol. The Kier molecular flexibility index (Phi) is 7.69. The molecule has 1 aliphatic rings. The molecule has 2 aromatic rings. The van der Waals surface area contributed by atoms with Gasteiger partial charge in [0.25, 0.3) is 0 Å². The number of hydrogen-bond acceptors (Lipinski definition) is 5. The zero-order valence-corrected chi connectivity index (χ0v) is 19.6. The fraction of sp³-hybridized carbons (Fsp3) is 0.435. The summed E-state index contributed by atoms with van der Waals surface area (Å²) in [6.45, 7) is 4.22. The van der Waals surface area contributed by atoms with Gasteiger partial charge in [0.1, 0.15) is 0 Å². The standard InChI is InChI=1S/C23H28O4SSe/c1-4-28-16(2)19-11-8-12-20(26-3)21(19)29-15-23(18-9-6-5-7-10-18)13-17(14-24)22(25)27-23/h5-12,16-17,24H,4,13-15H2,1-3H3/t16-,17+,23+/m1/s1. The van der Waals surface area contributed by atoms with Crippen molar-refractivity contribution in [2.75, 3.05) is 19.5 Å². The molecule has 4 nitrogen and oxygen atoms in total. The number of ether oxygens (including phenoxy) is 2. The first-order valence-electron chi connectivity index (χ1n) is 9.85. The molecule has 1 fully saturated rings. The Morgan fingerprint density at radius 2 is 2.03 bits per heavy atom. The van der Waals surface area contributed by atoms with Crippen molar-refractivity contribution in [1.29, 1.82) is 0 Å². The van der Waals surface area contributed by atoms with Crippen LogP contribution in [0.5, 0.6) is 5.75 Å². The molecule has 29 heavy (non-hydrogen) atoms. The van der Waals surface area contributed by atoms with Crippen LogP contribution in [0.3, 0.4) is 0 Å². The molecule has 2 aromatic carbocycles. The average Bonchev–Trinajstić information content (AvgIpc) is 3.09. The molecule has 1 heterocycles. The van der Waals surface area contributed by atoms with Crippen LogP contribution in [-0.2, 0) is 15.1 Å². The molecule has 0 bridgehead atoms. The number of hydrogen-bond donors (Lipinski definition) is 1. The number of carbonyl (C=O) groups is 1. The predicted octanol–water partition coefficient (Wildman–Crippen LogP) is 3.71. The molecule has 3 atom stereocenters. The van der Waals surface area contributed by atoms with Gasteiger partial charge >= 0.3 is 184 Å². The van der Waals surface area contributed by atoms with Gasteiger partial charge in [0, 0.05) is 0 Å². The molecule has 0 radical (unpaired) electrons. The Labute approximate surface area is 183 Å². The van der Waals surface area contributed by atoms with Gasteiger partial charge in [-0.15, -0.1) is 0 Å². The summed E-state index contributed by atoms with van der Waals surface area (Å²) in [6, 6.07) is 16.2. The third-order valence-corrected chi connectivity index (χ3v) is 9.15. The van der Waals surface area contributed by atoms with Crippen molar-refractivity contribution in [1.82, 2.24) is 0 Å². The summed E-state index contributed by atoms with van der Waals surface area (Å²) in [4.78, 5) is 12.4. The number of rotatable bonds is 9. The summed E-state index contributed by atoms with van der Waals surface area (Å²) in [7, 11) is 1.71. The fourth-order valence-corrected chi connectivity index (χ4v) is 7.76. The molecule has 1 aliphatic heterocycles. The molecule has 3 rings (SSSR count). The van der Waals surface area contributed by atoms with Crippen LogP contribution < -0.4 is 9.20 Å². The number of esters is 1. The number of thioether (sulfide) groups is 1. The predicted molar refractivity (Wildman–Crippen MR) is 119 cm³/mol. The van der Waals surface area contributed by atoms with E-state index in [4.69, 9.17) is 9.47 Å². The molecule has 0 spiro atoms. The molecule has 0 saturated carbocycles. The van der Waals surface area contributed by atoms with Gasteiger partial charge in [-0.1, -0.05) is 0 Å². The first-order valence-corrected chi connectivity index (χ1v) is 13.0. The first kappa shape index (κ1) is 22.2.